The molecule has 2 amide bonds. The number of amides is 2. The number of ether oxygens (including phenoxy) is 1. The Hall–Kier alpha value is -2.31. The van der Waals surface area contributed by atoms with Crippen LogP contribution in [0.2, 0.25) is 5.02 Å². The Labute approximate surface area is 166 Å². The largest absolute Gasteiger partial charge is 0.425 e. The molecule has 1 aliphatic heterocycles. The van der Waals surface area contributed by atoms with E-state index in [4.69, 9.17) is 16.3 Å². The maximum Gasteiger partial charge on any atom is 0.334 e. The summed E-state index contributed by atoms with van der Waals surface area (Å²) in [5.41, 5.74) is 1.32. The van der Waals surface area contributed by atoms with Crippen molar-refractivity contribution in [1.82, 2.24) is 4.90 Å². The summed E-state index contributed by atoms with van der Waals surface area (Å²) in [7, 11) is 0. The van der Waals surface area contributed by atoms with Gasteiger partial charge in [0.25, 0.3) is 11.8 Å². The number of carbonyl (C=O) groups is 3. The van der Waals surface area contributed by atoms with E-state index in [1.165, 1.54) is 11.8 Å². The van der Waals surface area contributed by atoms with Crippen LogP contribution in [-0.2, 0) is 4.79 Å². The summed E-state index contributed by atoms with van der Waals surface area (Å²) >= 11 is 7.47. The Morgan fingerprint density at radius 3 is 2.33 bits per heavy atom. The maximum absolute atomic E-state index is 12.9. The Bertz CT molecular complexity index is 880. The molecular weight excluding hydrogens is 386 g/mol. The quantitative estimate of drug-likeness (QED) is 0.415. The zero-order chi connectivity index (χ0) is 19.6. The van der Waals surface area contributed by atoms with Crippen molar-refractivity contribution in [3.63, 3.8) is 0 Å². The summed E-state index contributed by atoms with van der Waals surface area (Å²) in [6.07, 6.45) is 2.21. The third-order valence-corrected chi connectivity index (χ3v) is 5.23. The van der Waals surface area contributed by atoms with Crippen LogP contribution in [0.5, 0.6) is 5.75 Å². The van der Waals surface area contributed by atoms with Crippen LogP contribution in [0.4, 0.5) is 0 Å². The summed E-state index contributed by atoms with van der Waals surface area (Å²) < 4.78 is 5.51. The number of halogens is 1. The van der Waals surface area contributed by atoms with Gasteiger partial charge in [-0.05, 0) is 61.2 Å². The lowest BCUT2D eigenvalue weighted by Crippen LogP contribution is -2.47. The molecule has 27 heavy (non-hydrogen) atoms. The number of esters is 1. The van der Waals surface area contributed by atoms with E-state index in [9.17, 15) is 14.4 Å². The lowest BCUT2D eigenvalue weighted by atomic mass is 10.1. The molecule has 140 valence electrons. The number of imide groups is 1. The van der Waals surface area contributed by atoms with Crippen molar-refractivity contribution in [2.75, 3.05) is 12.0 Å². The van der Waals surface area contributed by atoms with E-state index < -0.39 is 23.8 Å². The Morgan fingerprint density at radius 1 is 1.15 bits per heavy atom. The van der Waals surface area contributed by atoms with E-state index >= 15 is 0 Å². The first-order valence-electron chi connectivity index (χ1n) is 8.37. The van der Waals surface area contributed by atoms with E-state index in [1.54, 1.807) is 49.4 Å². The number of fused-ring (bicyclic) bond motifs is 1. The van der Waals surface area contributed by atoms with Crippen molar-refractivity contribution < 1.29 is 19.1 Å². The molecule has 3 rings (SSSR count). The zero-order valence-corrected chi connectivity index (χ0v) is 16.5. The first kappa shape index (κ1) is 19.5. The highest BCUT2D eigenvalue weighted by molar-refractivity contribution is 7.98. The van der Waals surface area contributed by atoms with E-state index in [0.717, 1.165) is 4.90 Å². The minimum absolute atomic E-state index is 0.312. The van der Waals surface area contributed by atoms with Crippen LogP contribution in [0.25, 0.3) is 0 Å². The molecule has 0 saturated carbocycles. The van der Waals surface area contributed by atoms with Gasteiger partial charge in [-0.15, -0.1) is 0 Å². The molecule has 1 unspecified atom stereocenters. The maximum atomic E-state index is 12.9. The predicted octanol–water partition coefficient (Wildman–Crippen LogP) is 3.97. The number of benzene rings is 2. The van der Waals surface area contributed by atoms with E-state index in [1.807, 2.05) is 6.26 Å². The lowest BCUT2D eigenvalue weighted by Gasteiger charge is -2.24. The summed E-state index contributed by atoms with van der Waals surface area (Å²) in [5, 5.41) is 0.534. The Balaban J connectivity index is 1.89. The fraction of sp³-hybridized carbons (Fsp3) is 0.250. The van der Waals surface area contributed by atoms with Gasteiger partial charge in [-0.25, -0.2) is 4.79 Å². The number of carbonyl (C=O) groups excluding carboxylic acids is 3. The number of hydrogen-bond acceptors (Lipinski definition) is 5. The molecule has 0 radical (unpaired) electrons. The summed E-state index contributed by atoms with van der Waals surface area (Å²) in [4.78, 5) is 39.4. The van der Waals surface area contributed by atoms with E-state index in [0.29, 0.717) is 39.6 Å². The van der Waals surface area contributed by atoms with Gasteiger partial charge in [0, 0.05) is 5.02 Å². The van der Waals surface area contributed by atoms with Crippen molar-refractivity contribution in [3.8, 4) is 5.75 Å². The number of aryl methyl sites for hydroxylation is 1. The van der Waals surface area contributed by atoms with Crippen molar-refractivity contribution in [2.24, 2.45) is 0 Å². The molecule has 0 aliphatic carbocycles. The van der Waals surface area contributed by atoms with Gasteiger partial charge in [0.05, 0.1) is 11.1 Å². The standard InChI is InChI=1S/C20H18ClNO4S/c1-12-11-13(21)7-8-17(12)26-20(25)16(9-10-27-2)22-18(23)14-5-3-4-6-15(14)19(22)24/h3-8,11,16H,9-10H2,1-2H3. The van der Waals surface area contributed by atoms with Crippen LogP contribution in [0, 0.1) is 6.92 Å². The molecule has 0 fully saturated rings. The number of thioether (sulfide) groups is 1. The van der Waals surface area contributed by atoms with Gasteiger partial charge in [0.15, 0.2) is 0 Å². The van der Waals surface area contributed by atoms with Gasteiger partial charge >= 0.3 is 5.97 Å². The monoisotopic (exact) mass is 403 g/mol. The molecule has 0 bridgehead atoms. The fourth-order valence-corrected chi connectivity index (χ4v) is 3.66. The van der Waals surface area contributed by atoms with Crippen LogP contribution >= 0.6 is 23.4 Å². The van der Waals surface area contributed by atoms with Crippen LogP contribution < -0.4 is 4.74 Å². The van der Waals surface area contributed by atoms with Crippen molar-refractivity contribution in [2.45, 2.75) is 19.4 Å². The number of hydrogen-bond donors (Lipinski definition) is 0. The highest BCUT2D eigenvalue weighted by atomic mass is 35.5. The second-order valence-electron chi connectivity index (χ2n) is 6.15. The van der Waals surface area contributed by atoms with Gasteiger partial charge in [-0.3, -0.25) is 14.5 Å². The second kappa shape index (κ2) is 8.15. The average molecular weight is 404 g/mol. The van der Waals surface area contributed by atoms with Gasteiger partial charge in [0.2, 0.25) is 0 Å². The minimum atomic E-state index is -0.986. The molecule has 1 aliphatic rings. The minimum Gasteiger partial charge on any atom is -0.425 e. The molecule has 0 saturated heterocycles. The van der Waals surface area contributed by atoms with Crippen LogP contribution in [0.1, 0.15) is 32.7 Å². The smallest absolute Gasteiger partial charge is 0.334 e. The van der Waals surface area contributed by atoms with Crippen LogP contribution in [-0.4, -0.2) is 40.7 Å². The zero-order valence-electron chi connectivity index (χ0n) is 14.9. The van der Waals surface area contributed by atoms with Crippen molar-refractivity contribution in [3.05, 3.63) is 64.2 Å². The van der Waals surface area contributed by atoms with Gasteiger partial charge in [0.1, 0.15) is 11.8 Å². The van der Waals surface area contributed by atoms with E-state index in [2.05, 4.69) is 0 Å². The fourth-order valence-electron chi connectivity index (χ4n) is 2.98. The van der Waals surface area contributed by atoms with Crippen LogP contribution in [0.15, 0.2) is 42.5 Å². The first-order chi connectivity index (χ1) is 12.9. The molecule has 0 aromatic heterocycles. The molecule has 1 atom stereocenters. The molecule has 7 heteroatoms. The second-order valence-corrected chi connectivity index (χ2v) is 7.58. The molecule has 2 aromatic rings. The molecule has 2 aromatic carbocycles. The number of nitrogens with zero attached hydrogens (tertiary/aromatic N) is 1. The average Bonchev–Trinajstić information content (AvgIpc) is 2.90. The molecular formula is C20H18ClNO4S. The predicted molar refractivity (Wildman–Crippen MR) is 106 cm³/mol. The summed E-state index contributed by atoms with van der Waals surface area (Å²) in [6.45, 7) is 1.77. The Kier molecular flexibility index (Phi) is 5.87. The van der Waals surface area contributed by atoms with Gasteiger partial charge in [-0.1, -0.05) is 23.7 Å². The van der Waals surface area contributed by atoms with Crippen molar-refractivity contribution >= 4 is 41.1 Å². The highest BCUT2D eigenvalue weighted by Crippen LogP contribution is 2.28. The SMILES string of the molecule is CSCCC(C(=O)Oc1ccc(Cl)cc1C)N1C(=O)c2ccccc2C1=O. The number of rotatable bonds is 6. The molecule has 0 spiro atoms. The normalized spacial score (nSPS) is 14.3. The summed E-state index contributed by atoms with van der Waals surface area (Å²) in [5.74, 6) is -0.607. The van der Waals surface area contributed by atoms with Gasteiger partial charge < -0.3 is 4.74 Å². The molecule has 1 heterocycles. The highest BCUT2D eigenvalue weighted by Gasteiger charge is 2.43. The van der Waals surface area contributed by atoms with Gasteiger partial charge in [-0.2, -0.15) is 11.8 Å². The Morgan fingerprint density at radius 2 is 1.78 bits per heavy atom. The summed E-state index contributed by atoms with van der Waals surface area (Å²) in [6, 6.07) is 10.5. The molecule has 0 N–H and O–H groups in total. The topological polar surface area (TPSA) is 63.7 Å². The first-order valence-corrected chi connectivity index (χ1v) is 10.1. The van der Waals surface area contributed by atoms with E-state index in [-0.39, 0.29) is 0 Å². The third-order valence-electron chi connectivity index (χ3n) is 4.35. The third kappa shape index (κ3) is 3.87. The molecule has 5 nitrogen and oxygen atoms in total. The lowest BCUT2D eigenvalue weighted by molar-refractivity contribution is -0.138. The van der Waals surface area contributed by atoms with Crippen molar-refractivity contribution in [1.29, 1.82) is 0 Å². The van der Waals surface area contributed by atoms with Crippen LogP contribution in [0.3, 0.4) is 0 Å².